The van der Waals surface area contributed by atoms with E-state index in [1.54, 1.807) is 19.2 Å². The Balaban J connectivity index is 1.89. The number of rotatable bonds is 7. The van der Waals surface area contributed by atoms with Gasteiger partial charge in [-0.05, 0) is 55.8 Å². The SMILES string of the molecule is Cc1ccc(CN(C)C(=O)CN(c2ccc(C)cc2)S(=O)(=O)c2ccc(Cl)cc2)cc1. The fraction of sp³-hybridized carbons (Fsp3) is 0.208. The molecule has 0 spiro atoms. The van der Waals surface area contributed by atoms with E-state index in [1.165, 1.54) is 29.2 Å². The molecule has 5 nitrogen and oxygen atoms in total. The van der Waals surface area contributed by atoms with Crippen LogP contribution in [0.1, 0.15) is 16.7 Å². The maximum Gasteiger partial charge on any atom is 0.264 e. The van der Waals surface area contributed by atoms with Crippen molar-refractivity contribution in [3.05, 3.63) is 94.5 Å². The zero-order chi connectivity index (χ0) is 22.6. The van der Waals surface area contributed by atoms with Crippen LogP contribution < -0.4 is 4.31 Å². The van der Waals surface area contributed by atoms with E-state index in [-0.39, 0.29) is 17.3 Å². The first-order chi connectivity index (χ1) is 14.7. The summed E-state index contributed by atoms with van der Waals surface area (Å²) in [6, 6.07) is 20.9. The molecule has 0 aliphatic heterocycles. The third-order valence-corrected chi connectivity index (χ3v) is 7.01. The maximum atomic E-state index is 13.4. The molecule has 0 heterocycles. The van der Waals surface area contributed by atoms with Gasteiger partial charge >= 0.3 is 0 Å². The van der Waals surface area contributed by atoms with E-state index in [0.29, 0.717) is 17.3 Å². The van der Waals surface area contributed by atoms with E-state index in [0.717, 1.165) is 21.0 Å². The van der Waals surface area contributed by atoms with Gasteiger partial charge in [0, 0.05) is 18.6 Å². The predicted molar refractivity (Wildman–Crippen MR) is 125 cm³/mol. The number of halogens is 1. The number of anilines is 1. The van der Waals surface area contributed by atoms with Crippen molar-refractivity contribution in [2.75, 3.05) is 17.9 Å². The molecule has 0 bridgehead atoms. The molecule has 0 N–H and O–H groups in total. The minimum Gasteiger partial charge on any atom is -0.340 e. The number of carbonyl (C=O) groups is 1. The lowest BCUT2D eigenvalue weighted by atomic mass is 10.1. The van der Waals surface area contributed by atoms with Crippen LogP contribution >= 0.6 is 11.6 Å². The zero-order valence-electron chi connectivity index (χ0n) is 17.7. The molecule has 0 saturated carbocycles. The molecule has 1 amide bonds. The van der Waals surface area contributed by atoms with Crippen molar-refractivity contribution in [3.8, 4) is 0 Å². The molecule has 0 saturated heterocycles. The van der Waals surface area contributed by atoms with Gasteiger partial charge in [-0.25, -0.2) is 8.42 Å². The Labute approximate surface area is 188 Å². The number of sulfonamides is 1. The summed E-state index contributed by atoms with van der Waals surface area (Å²) in [5.41, 5.74) is 3.54. The second kappa shape index (κ2) is 9.54. The van der Waals surface area contributed by atoms with Crippen LogP contribution in [0.5, 0.6) is 0 Å². The van der Waals surface area contributed by atoms with Crippen LogP contribution in [0.3, 0.4) is 0 Å². The highest BCUT2D eigenvalue weighted by molar-refractivity contribution is 7.92. The van der Waals surface area contributed by atoms with Gasteiger partial charge in [0.05, 0.1) is 10.6 Å². The van der Waals surface area contributed by atoms with Gasteiger partial charge in [0.1, 0.15) is 6.54 Å². The number of aryl methyl sites for hydroxylation is 2. The molecule has 7 heteroatoms. The van der Waals surface area contributed by atoms with Crippen molar-refractivity contribution in [1.82, 2.24) is 4.90 Å². The molecular formula is C24H25ClN2O3S. The minimum atomic E-state index is -3.96. The van der Waals surface area contributed by atoms with Crippen molar-refractivity contribution in [2.45, 2.75) is 25.3 Å². The van der Waals surface area contributed by atoms with Gasteiger partial charge in [0.25, 0.3) is 10.0 Å². The van der Waals surface area contributed by atoms with Crippen LogP contribution in [0.2, 0.25) is 5.02 Å². The zero-order valence-corrected chi connectivity index (χ0v) is 19.3. The Morgan fingerprint density at radius 1 is 0.839 bits per heavy atom. The average molecular weight is 457 g/mol. The molecule has 3 aromatic rings. The van der Waals surface area contributed by atoms with E-state index in [2.05, 4.69) is 0 Å². The van der Waals surface area contributed by atoms with Crippen LogP contribution in [0.4, 0.5) is 5.69 Å². The van der Waals surface area contributed by atoms with Crippen molar-refractivity contribution >= 4 is 33.2 Å². The monoisotopic (exact) mass is 456 g/mol. The van der Waals surface area contributed by atoms with Gasteiger partial charge < -0.3 is 4.90 Å². The van der Waals surface area contributed by atoms with Gasteiger partial charge in [-0.1, -0.05) is 59.1 Å². The Hall–Kier alpha value is -2.83. The summed E-state index contributed by atoms with van der Waals surface area (Å²) in [4.78, 5) is 14.6. The summed E-state index contributed by atoms with van der Waals surface area (Å²) in [6.07, 6.45) is 0. The van der Waals surface area contributed by atoms with Crippen LogP contribution in [-0.4, -0.2) is 32.8 Å². The molecule has 0 aromatic heterocycles. The van der Waals surface area contributed by atoms with Gasteiger partial charge in [0.2, 0.25) is 5.91 Å². The number of nitrogens with zero attached hydrogens (tertiary/aromatic N) is 2. The largest absolute Gasteiger partial charge is 0.340 e. The lowest BCUT2D eigenvalue weighted by Crippen LogP contribution is -2.41. The first-order valence-corrected chi connectivity index (χ1v) is 11.6. The molecule has 0 unspecified atom stereocenters. The van der Waals surface area contributed by atoms with Crippen molar-refractivity contribution in [2.24, 2.45) is 0 Å². The number of hydrogen-bond donors (Lipinski definition) is 0. The maximum absolute atomic E-state index is 13.4. The summed E-state index contributed by atoms with van der Waals surface area (Å²) >= 11 is 5.92. The molecule has 0 aliphatic rings. The van der Waals surface area contributed by atoms with E-state index < -0.39 is 10.0 Å². The first-order valence-electron chi connectivity index (χ1n) is 9.81. The average Bonchev–Trinajstić information content (AvgIpc) is 2.74. The highest BCUT2D eigenvalue weighted by Crippen LogP contribution is 2.25. The van der Waals surface area contributed by atoms with Crippen LogP contribution in [0.15, 0.2) is 77.7 Å². The van der Waals surface area contributed by atoms with Crippen LogP contribution in [0.25, 0.3) is 0 Å². The fourth-order valence-corrected chi connectivity index (χ4v) is 4.60. The van der Waals surface area contributed by atoms with Crippen LogP contribution in [-0.2, 0) is 21.4 Å². The first kappa shape index (κ1) is 22.8. The summed E-state index contributed by atoms with van der Waals surface area (Å²) in [6.45, 7) is 4.00. The topological polar surface area (TPSA) is 57.7 Å². The molecule has 0 atom stereocenters. The minimum absolute atomic E-state index is 0.0754. The number of benzene rings is 3. The van der Waals surface area contributed by atoms with E-state index in [4.69, 9.17) is 11.6 Å². The van der Waals surface area contributed by atoms with Gasteiger partial charge in [-0.2, -0.15) is 0 Å². The Morgan fingerprint density at radius 3 is 1.90 bits per heavy atom. The second-order valence-corrected chi connectivity index (χ2v) is 9.84. The molecule has 0 aliphatic carbocycles. The summed E-state index contributed by atoms with van der Waals surface area (Å²) in [7, 11) is -2.29. The Bertz CT molecular complexity index is 1140. The van der Waals surface area contributed by atoms with Crippen LogP contribution in [0, 0.1) is 13.8 Å². The number of hydrogen-bond acceptors (Lipinski definition) is 3. The third kappa shape index (κ3) is 5.66. The highest BCUT2D eigenvalue weighted by Gasteiger charge is 2.28. The molecule has 3 aromatic carbocycles. The van der Waals surface area contributed by atoms with Gasteiger partial charge in [-0.15, -0.1) is 0 Å². The molecule has 3 rings (SSSR count). The molecule has 31 heavy (non-hydrogen) atoms. The van der Waals surface area contributed by atoms with Gasteiger partial charge in [0.15, 0.2) is 0 Å². The third-order valence-electron chi connectivity index (χ3n) is 4.97. The normalized spacial score (nSPS) is 11.2. The second-order valence-electron chi connectivity index (χ2n) is 7.54. The van der Waals surface area contributed by atoms with E-state index in [1.807, 2.05) is 50.2 Å². The molecule has 162 valence electrons. The standard InChI is InChI=1S/C24H25ClN2O3S/c1-18-4-8-20(9-5-18)16-26(3)24(28)17-27(22-12-6-19(2)7-13-22)31(29,30)23-14-10-21(25)11-15-23/h4-15H,16-17H2,1-3H3. The van der Waals surface area contributed by atoms with Crippen molar-refractivity contribution in [3.63, 3.8) is 0 Å². The van der Waals surface area contributed by atoms with Crippen molar-refractivity contribution in [1.29, 1.82) is 0 Å². The van der Waals surface area contributed by atoms with E-state index in [9.17, 15) is 13.2 Å². The summed E-state index contributed by atoms with van der Waals surface area (Å²) in [5, 5.41) is 0.440. The molecule has 0 fully saturated rings. The predicted octanol–water partition coefficient (Wildman–Crippen LogP) is 4.81. The smallest absolute Gasteiger partial charge is 0.264 e. The van der Waals surface area contributed by atoms with Crippen molar-refractivity contribution < 1.29 is 13.2 Å². The number of likely N-dealkylation sites (N-methyl/N-ethyl adjacent to an activating group) is 1. The molecule has 0 radical (unpaired) electrons. The Kier molecular flexibility index (Phi) is 7.03. The fourth-order valence-electron chi connectivity index (χ4n) is 3.06. The summed E-state index contributed by atoms with van der Waals surface area (Å²) in [5.74, 6) is -0.307. The number of carbonyl (C=O) groups excluding carboxylic acids is 1. The highest BCUT2D eigenvalue weighted by atomic mass is 35.5. The van der Waals surface area contributed by atoms with Gasteiger partial charge in [-0.3, -0.25) is 9.10 Å². The number of amides is 1. The lowest BCUT2D eigenvalue weighted by Gasteiger charge is -2.27. The summed E-state index contributed by atoms with van der Waals surface area (Å²) < 4.78 is 27.9. The molecular weight excluding hydrogens is 432 g/mol. The Morgan fingerprint density at radius 2 is 1.35 bits per heavy atom. The quantitative estimate of drug-likeness (QED) is 0.512. The lowest BCUT2D eigenvalue weighted by molar-refractivity contribution is -0.128. The van der Waals surface area contributed by atoms with E-state index >= 15 is 0 Å².